The van der Waals surface area contributed by atoms with Gasteiger partial charge in [0, 0.05) is 24.7 Å². The Labute approximate surface area is 275 Å². The van der Waals surface area contributed by atoms with Crippen LogP contribution in [0.3, 0.4) is 0 Å². The lowest BCUT2D eigenvalue weighted by molar-refractivity contribution is -0.384. The van der Waals surface area contributed by atoms with Gasteiger partial charge in [-0.15, -0.1) is 0 Å². The maximum absolute atomic E-state index is 13.2. The van der Waals surface area contributed by atoms with Crippen molar-refractivity contribution in [2.45, 2.75) is 84.6 Å². The Morgan fingerprint density at radius 3 is 1.52 bits per heavy atom. The number of carboxylic acid groups (broad SMARTS) is 2. The van der Waals surface area contributed by atoms with E-state index < -0.39 is 107 Å². The lowest BCUT2D eigenvalue weighted by Crippen LogP contribution is -2.60. The average molecular weight is 680 g/mol. The first-order chi connectivity index (χ1) is 22.2. The SMILES string of the molecule is CC(=O)N[C@H](C(=O)NC(CC(=O)O)C(=O)N[C@H](C(=O)N[C@@H](C)C(=O)N[C@@H](CC(=O)O)C(=O)Nc1ccc([N+](=O)[O-])cc1)C(C)C)C(C)C. The molecule has 48 heavy (non-hydrogen) atoms. The number of nitro groups is 1. The minimum Gasteiger partial charge on any atom is -0.481 e. The maximum atomic E-state index is 13.2. The number of non-ortho nitro benzene ring substituents is 1. The predicted molar refractivity (Wildman–Crippen MR) is 167 cm³/mol. The molecule has 0 aliphatic carbocycles. The molecule has 0 saturated heterocycles. The largest absolute Gasteiger partial charge is 0.481 e. The number of rotatable bonds is 18. The fourth-order valence-electron chi connectivity index (χ4n) is 4.13. The van der Waals surface area contributed by atoms with Crippen molar-refractivity contribution in [1.29, 1.82) is 0 Å². The van der Waals surface area contributed by atoms with Gasteiger partial charge in [-0.3, -0.25) is 48.5 Å². The summed E-state index contributed by atoms with van der Waals surface area (Å²) < 4.78 is 0. The van der Waals surface area contributed by atoms with Gasteiger partial charge in [-0.25, -0.2) is 0 Å². The van der Waals surface area contributed by atoms with Gasteiger partial charge in [0.25, 0.3) is 5.69 Å². The van der Waals surface area contributed by atoms with E-state index in [2.05, 4.69) is 31.9 Å². The summed E-state index contributed by atoms with van der Waals surface area (Å²) in [4.78, 5) is 109. The molecule has 19 heteroatoms. The van der Waals surface area contributed by atoms with Crippen molar-refractivity contribution in [3.8, 4) is 0 Å². The topological polar surface area (TPSA) is 292 Å². The number of amides is 6. The molecule has 0 radical (unpaired) electrons. The molecule has 0 fully saturated rings. The highest BCUT2D eigenvalue weighted by molar-refractivity contribution is 6.01. The summed E-state index contributed by atoms with van der Waals surface area (Å²) in [6, 6.07) is -2.47. The van der Waals surface area contributed by atoms with E-state index in [1.54, 1.807) is 13.8 Å². The van der Waals surface area contributed by atoms with Gasteiger partial charge in [0.2, 0.25) is 35.4 Å². The molecule has 0 saturated carbocycles. The lowest BCUT2D eigenvalue weighted by atomic mass is 10.0. The maximum Gasteiger partial charge on any atom is 0.305 e. The van der Waals surface area contributed by atoms with Crippen molar-refractivity contribution in [3.05, 3.63) is 34.4 Å². The van der Waals surface area contributed by atoms with Crippen LogP contribution in [-0.4, -0.2) is 92.7 Å². The number of carboxylic acids is 2. The molecule has 264 valence electrons. The molecule has 0 aromatic heterocycles. The number of hydrogen-bond acceptors (Lipinski definition) is 10. The van der Waals surface area contributed by atoms with Gasteiger partial charge in [0.1, 0.15) is 30.2 Å². The van der Waals surface area contributed by atoms with Crippen molar-refractivity contribution < 1.29 is 53.5 Å². The molecule has 8 N–H and O–H groups in total. The molecule has 0 heterocycles. The summed E-state index contributed by atoms with van der Waals surface area (Å²) in [5.41, 5.74) is -0.174. The van der Waals surface area contributed by atoms with E-state index in [0.717, 1.165) is 12.1 Å². The summed E-state index contributed by atoms with van der Waals surface area (Å²) >= 11 is 0. The van der Waals surface area contributed by atoms with E-state index in [-0.39, 0.29) is 11.4 Å². The Morgan fingerprint density at radius 2 is 1.08 bits per heavy atom. The van der Waals surface area contributed by atoms with E-state index in [1.807, 2.05) is 0 Å². The second-order valence-corrected chi connectivity index (χ2v) is 11.5. The molecule has 6 amide bonds. The fourth-order valence-corrected chi connectivity index (χ4v) is 4.13. The molecule has 0 aliphatic heterocycles. The molecule has 0 spiro atoms. The number of nitro benzene ring substituents is 1. The van der Waals surface area contributed by atoms with Crippen LogP contribution in [0.15, 0.2) is 24.3 Å². The quantitative estimate of drug-likeness (QED) is 0.0703. The van der Waals surface area contributed by atoms with Crippen molar-refractivity contribution in [1.82, 2.24) is 26.6 Å². The van der Waals surface area contributed by atoms with Crippen LogP contribution in [0.2, 0.25) is 0 Å². The molecular formula is C29H41N7O12. The third kappa shape index (κ3) is 13.4. The lowest BCUT2D eigenvalue weighted by Gasteiger charge is -2.28. The van der Waals surface area contributed by atoms with Crippen LogP contribution in [0, 0.1) is 22.0 Å². The molecule has 19 nitrogen and oxygen atoms in total. The number of hydrogen-bond donors (Lipinski definition) is 8. The summed E-state index contributed by atoms with van der Waals surface area (Å²) in [5, 5.41) is 43.4. The van der Waals surface area contributed by atoms with Crippen molar-refractivity contribution in [3.63, 3.8) is 0 Å². The second kappa shape index (κ2) is 18.5. The van der Waals surface area contributed by atoms with E-state index in [9.17, 15) is 58.7 Å². The Bertz CT molecular complexity index is 1400. The molecule has 0 bridgehead atoms. The zero-order chi connectivity index (χ0) is 36.9. The van der Waals surface area contributed by atoms with Crippen LogP contribution in [0.5, 0.6) is 0 Å². The third-order valence-corrected chi connectivity index (χ3v) is 6.68. The first-order valence-electron chi connectivity index (χ1n) is 14.7. The summed E-state index contributed by atoms with van der Waals surface area (Å²) in [7, 11) is 0. The summed E-state index contributed by atoms with van der Waals surface area (Å²) in [5.74, 6) is -9.17. The van der Waals surface area contributed by atoms with Crippen LogP contribution < -0.4 is 31.9 Å². The van der Waals surface area contributed by atoms with Gasteiger partial charge in [-0.1, -0.05) is 27.7 Å². The van der Waals surface area contributed by atoms with Crippen LogP contribution in [-0.2, 0) is 38.4 Å². The fraction of sp³-hybridized carbons (Fsp3) is 0.517. The molecule has 1 aromatic carbocycles. The van der Waals surface area contributed by atoms with Crippen molar-refractivity contribution in [2.75, 3.05) is 5.32 Å². The number of carbonyl (C=O) groups excluding carboxylic acids is 6. The summed E-state index contributed by atoms with van der Waals surface area (Å²) in [6.07, 6.45) is -1.72. The van der Waals surface area contributed by atoms with Crippen molar-refractivity contribution in [2.24, 2.45) is 11.8 Å². The number of nitrogens with one attached hydrogen (secondary N) is 6. The van der Waals surface area contributed by atoms with Gasteiger partial charge < -0.3 is 42.1 Å². The number of carbonyl (C=O) groups is 8. The van der Waals surface area contributed by atoms with E-state index in [1.165, 1.54) is 39.8 Å². The average Bonchev–Trinajstić information content (AvgIpc) is 2.96. The molecule has 1 unspecified atom stereocenters. The number of benzene rings is 1. The second-order valence-electron chi connectivity index (χ2n) is 11.5. The highest BCUT2D eigenvalue weighted by atomic mass is 16.6. The monoisotopic (exact) mass is 679 g/mol. The zero-order valence-corrected chi connectivity index (χ0v) is 27.2. The third-order valence-electron chi connectivity index (χ3n) is 6.68. The highest BCUT2D eigenvalue weighted by Crippen LogP contribution is 2.16. The number of anilines is 1. The molecular weight excluding hydrogens is 638 g/mol. The zero-order valence-electron chi connectivity index (χ0n) is 27.2. The molecule has 5 atom stereocenters. The Kier molecular flexibility index (Phi) is 15.6. The van der Waals surface area contributed by atoms with Gasteiger partial charge >= 0.3 is 11.9 Å². The van der Waals surface area contributed by atoms with E-state index >= 15 is 0 Å². The first kappa shape index (κ1) is 40.4. The van der Waals surface area contributed by atoms with Gasteiger partial charge in [-0.2, -0.15) is 0 Å². The van der Waals surface area contributed by atoms with Crippen LogP contribution >= 0.6 is 0 Å². The molecule has 1 aromatic rings. The highest BCUT2D eigenvalue weighted by Gasteiger charge is 2.34. The van der Waals surface area contributed by atoms with Crippen molar-refractivity contribution >= 4 is 58.8 Å². The Hall–Kier alpha value is -5.62. The minimum absolute atomic E-state index is 0.0827. The normalized spacial score (nSPS) is 13.9. The van der Waals surface area contributed by atoms with Crippen LogP contribution in [0.1, 0.15) is 54.4 Å². The number of nitrogens with zero attached hydrogens (tertiary/aromatic N) is 1. The van der Waals surface area contributed by atoms with E-state index in [4.69, 9.17) is 0 Å². The van der Waals surface area contributed by atoms with E-state index in [0.29, 0.717) is 0 Å². The smallest absolute Gasteiger partial charge is 0.305 e. The standard InChI is InChI=1S/C29H41N7O12/c1-13(2)23(31-16(6)37)29(46)34-20(12-22(40)41)27(44)35-24(14(3)4)28(45)30-15(5)25(42)33-19(11-21(38)39)26(43)32-17-7-9-18(10-8-17)36(47)48/h7-10,13-15,19-20,23-24H,11-12H2,1-6H3,(H,30,45)(H,31,37)(H,32,43)(H,33,42)(H,34,46)(H,35,44)(H,38,39)(H,40,41)/t15-,19-,20?,23-,24-/m0/s1. The van der Waals surface area contributed by atoms with Crippen LogP contribution in [0.25, 0.3) is 0 Å². The predicted octanol–water partition coefficient (Wildman–Crippen LogP) is -0.741. The molecule has 0 aliphatic rings. The Morgan fingerprint density at radius 1 is 0.646 bits per heavy atom. The number of aliphatic carboxylic acids is 2. The van der Waals surface area contributed by atoms with Gasteiger partial charge in [-0.05, 0) is 30.9 Å². The first-order valence-corrected chi connectivity index (χ1v) is 14.7. The molecule has 1 rings (SSSR count). The van der Waals surface area contributed by atoms with Crippen LogP contribution in [0.4, 0.5) is 11.4 Å². The van der Waals surface area contributed by atoms with Gasteiger partial charge in [0.05, 0.1) is 17.8 Å². The minimum atomic E-state index is -1.65. The Balaban J connectivity index is 3.03. The van der Waals surface area contributed by atoms with Gasteiger partial charge in [0.15, 0.2) is 0 Å². The summed E-state index contributed by atoms with van der Waals surface area (Å²) in [6.45, 7) is 8.73.